The summed E-state index contributed by atoms with van der Waals surface area (Å²) >= 11 is 3.33. The Morgan fingerprint density at radius 1 is 1.56 bits per heavy atom. The second-order valence-corrected chi connectivity index (χ2v) is 5.95. The summed E-state index contributed by atoms with van der Waals surface area (Å²) in [6.45, 7) is 8.37. The lowest BCUT2D eigenvalue weighted by Crippen LogP contribution is -2.37. The van der Waals surface area contributed by atoms with Gasteiger partial charge in [-0.2, -0.15) is 5.10 Å². The minimum Gasteiger partial charge on any atom is -0.382 e. The maximum atomic E-state index is 12.1. The van der Waals surface area contributed by atoms with Crippen LogP contribution in [0, 0.1) is 0 Å². The number of rotatable bonds is 5. The highest BCUT2D eigenvalue weighted by atomic mass is 79.9. The second-order valence-electron chi connectivity index (χ2n) is 5.16. The molecule has 5 nitrogen and oxygen atoms in total. The van der Waals surface area contributed by atoms with Crippen molar-refractivity contribution in [3.63, 3.8) is 0 Å². The van der Waals surface area contributed by atoms with Crippen molar-refractivity contribution in [3.8, 4) is 0 Å². The Hall–Kier alpha value is -0.880. The molecule has 0 saturated heterocycles. The fourth-order valence-corrected chi connectivity index (χ4v) is 2.04. The standard InChI is InChI=1S/C12H20BrN3O2/c1-8(2)16-11(17)10(13)9(6-14-16)15-12(3,4)7-18-5/h6,8,15H,7H2,1-5H3. The molecule has 0 aliphatic heterocycles. The Morgan fingerprint density at radius 2 is 2.17 bits per heavy atom. The molecule has 1 aromatic rings. The highest BCUT2D eigenvalue weighted by Gasteiger charge is 2.20. The molecule has 0 aromatic carbocycles. The van der Waals surface area contributed by atoms with Gasteiger partial charge in [0, 0.05) is 7.11 Å². The van der Waals surface area contributed by atoms with Crippen LogP contribution < -0.4 is 10.9 Å². The third-order valence-corrected chi connectivity index (χ3v) is 3.18. The Bertz CT molecular complexity index is 469. The minimum atomic E-state index is -0.268. The zero-order chi connectivity index (χ0) is 13.9. The summed E-state index contributed by atoms with van der Waals surface area (Å²) in [4.78, 5) is 12.1. The fourth-order valence-electron chi connectivity index (χ4n) is 1.66. The number of nitrogens with zero attached hydrogens (tertiary/aromatic N) is 2. The molecular formula is C12H20BrN3O2. The van der Waals surface area contributed by atoms with E-state index in [1.54, 1.807) is 13.3 Å². The minimum absolute atomic E-state index is 0.0369. The van der Waals surface area contributed by atoms with E-state index in [9.17, 15) is 4.79 Å². The average Bonchev–Trinajstić information content (AvgIpc) is 2.24. The van der Waals surface area contributed by atoms with Crippen LogP contribution in [0.15, 0.2) is 15.5 Å². The molecule has 1 N–H and O–H groups in total. The van der Waals surface area contributed by atoms with Crippen molar-refractivity contribution in [2.24, 2.45) is 0 Å². The van der Waals surface area contributed by atoms with Gasteiger partial charge in [-0.1, -0.05) is 0 Å². The molecule has 6 heteroatoms. The molecule has 0 fully saturated rings. The van der Waals surface area contributed by atoms with E-state index in [-0.39, 0.29) is 17.1 Å². The van der Waals surface area contributed by atoms with E-state index in [0.717, 1.165) is 0 Å². The first-order valence-corrected chi connectivity index (χ1v) is 6.62. The normalized spacial score (nSPS) is 11.9. The van der Waals surface area contributed by atoms with Crippen LogP contribution >= 0.6 is 15.9 Å². The molecule has 102 valence electrons. The van der Waals surface area contributed by atoms with E-state index in [1.165, 1.54) is 4.68 Å². The summed E-state index contributed by atoms with van der Waals surface area (Å²) in [6, 6.07) is 0.0369. The van der Waals surface area contributed by atoms with Gasteiger partial charge in [0.2, 0.25) is 0 Å². The summed E-state index contributed by atoms with van der Waals surface area (Å²) in [5.74, 6) is 0. The number of nitrogens with one attached hydrogen (secondary N) is 1. The summed E-state index contributed by atoms with van der Waals surface area (Å²) in [7, 11) is 1.65. The van der Waals surface area contributed by atoms with Crippen molar-refractivity contribution in [1.82, 2.24) is 9.78 Å². The zero-order valence-electron chi connectivity index (χ0n) is 11.5. The van der Waals surface area contributed by atoms with Crippen molar-refractivity contribution in [2.75, 3.05) is 19.0 Å². The number of halogens is 1. The molecule has 1 heterocycles. The molecule has 0 aliphatic carbocycles. The molecule has 0 aliphatic rings. The van der Waals surface area contributed by atoms with E-state index in [1.807, 2.05) is 27.7 Å². The highest BCUT2D eigenvalue weighted by Crippen LogP contribution is 2.21. The topological polar surface area (TPSA) is 56.1 Å². The van der Waals surface area contributed by atoms with Gasteiger partial charge < -0.3 is 10.1 Å². The number of ether oxygens (including phenoxy) is 1. The number of methoxy groups -OCH3 is 1. The van der Waals surface area contributed by atoms with Crippen molar-refractivity contribution < 1.29 is 4.74 Å². The quantitative estimate of drug-likeness (QED) is 0.906. The molecule has 18 heavy (non-hydrogen) atoms. The smallest absolute Gasteiger partial charge is 0.283 e. The van der Waals surface area contributed by atoms with Crippen LogP contribution in [-0.2, 0) is 4.74 Å². The van der Waals surface area contributed by atoms with Gasteiger partial charge in [-0.15, -0.1) is 0 Å². The van der Waals surface area contributed by atoms with Crippen LogP contribution in [-0.4, -0.2) is 29.0 Å². The molecule has 0 amide bonds. The lowest BCUT2D eigenvalue weighted by atomic mass is 10.1. The largest absolute Gasteiger partial charge is 0.382 e. The van der Waals surface area contributed by atoms with Crippen molar-refractivity contribution in [2.45, 2.75) is 39.3 Å². The summed E-state index contributed by atoms with van der Waals surface area (Å²) < 4.78 is 7.07. The van der Waals surface area contributed by atoms with Gasteiger partial charge in [-0.25, -0.2) is 4.68 Å². The van der Waals surface area contributed by atoms with Crippen LogP contribution in [0.2, 0.25) is 0 Å². The lowest BCUT2D eigenvalue weighted by Gasteiger charge is -2.27. The van der Waals surface area contributed by atoms with Gasteiger partial charge in [0.1, 0.15) is 4.47 Å². The van der Waals surface area contributed by atoms with Crippen LogP contribution in [0.5, 0.6) is 0 Å². The van der Waals surface area contributed by atoms with Gasteiger partial charge in [-0.3, -0.25) is 4.79 Å². The van der Waals surface area contributed by atoms with Crippen molar-refractivity contribution >= 4 is 21.6 Å². The Morgan fingerprint density at radius 3 is 2.67 bits per heavy atom. The maximum absolute atomic E-state index is 12.1. The van der Waals surface area contributed by atoms with E-state index in [2.05, 4.69) is 26.3 Å². The second kappa shape index (κ2) is 5.84. The van der Waals surface area contributed by atoms with E-state index in [0.29, 0.717) is 16.8 Å². The molecule has 1 aromatic heterocycles. The first-order chi connectivity index (χ1) is 8.28. The predicted octanol–water partition coefficient (Wildman–Crippen LogP) is 2.42. The first kappa shape index (κ1) is 15.2. The predicted molar refractivity (Wildman–Crippen MR) is 76.2 cm³/mol. The monoisotopic (exact) mass is 317 g/mol. The Labute approximate surface area is 116 Å². The third kappa shape index (κ3) is 3.55. The number of hydrogen-bond acceptors (Lipinski definition) is 4. The van der Waals surface area contributed by atoms with E-state index >= 15 is 0 Å². The molecule has 0 radical (unpaired) electrons. The maximum Gasteiger partial charge on any atom is 0.283 e. The highest BCUT2D eigenvalue weighted by molar-refractivity contribution is 9.10. The van der Waals surface area contributed by atoms with Crippen LogP contribution in [0.3, 0.4) is 0 Å². The van der Waals surface area contributed by atoms with Crippen molar-refractivity contribution in [1.29, 1.82) is 0 Å². The third-order valence-electron chi connectivity index (χ3n) is 2.41. The zero-order valence-corrected chi connectivity index (χ0v) is 13.0. The summed E-state index contributed by atoms with van der Waals surface area (Å²) in [5, 5.41) is 7.40. The number of hydrogen-bond donors (Lipinski definition) is 1. The van der Waals surface area contributed by atoms with E-state index in [4.69, 9.17) is 4.74 Å². The average molecular weight is 318 g/mol. The molecular weight excluding hydrogens is 298 g/mol. The Kier molecular flexibility index (Phi) is 4.92. The summed E-state index contributed by atoms with van der Waals surface area (Å²) in [5.41, 5.74) is 0.275. The van der Waals surface area contributed by atoms with Crippen LogP contribution in [0.1, 0.15) is 33.7 Å². The van der Waals surface area contributed by atoms with Crippen LogP contribution in [0.25, 0.3) is 0 Å². The van der Waals surface area contributed by atoms with Gasteiger partial charge >= 0.3 is 0 Å². The Balaban J connectivity index is 3.07. The molecule has 0 saturated carbocycles. The SMILES string of the molecule is COCC(C)(C)Nc1cnn(C(C)C)c(=O)c1Br. The van der Waals surface area contributed by atoms with Gasteiger partial charge in [0.15, 0.2) is 0 Å². The summed E-state index contributed by atoms with van der Waals surface area (Å²) in [6.07, 6.45) is 1.66. The molecule has 1 rings (SSSR count). The number of anilines is 1. The van der Waals surface area contributed by atoms with Crippen LogP contribution in [0.4, 0.5) is 5.69 Å². The van der Waals surface area contributed by atoms with Gasteiger partial charge in [-0.05, 0) is 43.6 Å². The van der Waals surface area contributed by atoms with Gasteiger partial charge in [0.25, 0.3) is 5.56 Å². The molecule has 0 bridgehead atoms. The fraction of sp³-hybridized carbons (Fsp3) is 0.667. The molecule has 0 unspecified atom stereocenters. The lowest BCUT2D eigenvalue weighted by molar-refractivity contribution is 0.158. The molecule has 0 spiro atoms. The van der Waals surface area contributed by atoms with Gasteiger partial charge in [0.05, 0.1) is 30.1 Å². The number of aromatic nitrogens is 2. The van der Waals surface area contributed by atoms with E-state index < -0.39 is 0 Å². The molecule has 0 atom stereocenters. The first-order valence-electron chi connectivity index (χ1n) is 5.83. The van der Waals surface area contributed by atoms with Crippen molar-refractivity contribution in [3.05, 3.63) is 21.0 Å².